The first kappa shape index (κ1) is 22.3. The largest absolute Gasteiger partial charge is 0.379 e. The van der Waals surface area contributed by atoms with Crippen molar-refractivity contribution < 1.29 is 9.53 Å². The molecule has 1 aromatic heterocycles. The molecule has 2 heterocycles. The summed E-state index contributed by atoms with van der Waals surface area (Å²) in [5.41, 5.74) is 7.26. The number of imidazole rings is 1. The smallest absolute Gasteiger partial charge is 0.228 e. The molecule has 0 saturated carbocycles. The van der Waals surface area contributed by atoms with Gasteiger partial charge in [0.05, 0.1) is 24.2 Å². The molecule has 0 radical (unpaired) electrons. The Balaban J connectivity index is 1.27. The third-order valence-electron chi connectivity index (χ3n) is 6.42. The number of nitrogens with zero attached hydrogens (tertiary/aromatic N) is 2. The number of hydrogen-bond donors (Lipinski definition) is 2. The van der Waals surface area contributed by atoms with Crippen LogP contribution in [0.1, 0.15) is 12.5 Å². The normalized spacial score (nSPS) is 15.4. The first-order valence-corrected chi connectivity index (χ1v) is 11.8. The summed E-state index contributed by atoms with van der Waals surface area (Å²) in [5.74, 6) is 0.826. The Bertz CT molecular complexity index is 1290. The molecule has 1 aliphatic rings. The summed E-state index contributed by atoms with van der Waals surface area (Å²) in [5, 5.41) is 3.06. The van der Waals surface area contributed by atoms with Crippen LogP contribution in [0.5, 0.6) is 0 Å². The number of aromatic amines is 1. The molecule has 1 fully saturated rings. The fourth-order valence-corrected chi connectivity index (χ4v) is 4.42. The molecule has 0 aliphatic carbocycles. The second kappa shape index (κ2) is 9.79. The molecule has 5 rings (SSSR count). The molecular formula is C28H30N4O2. The molecule has 6 nitrogen and oxygen atoms in total. The number of rotatable bonds is 6. The van der Waals surface area contributed by atoms with E-state index < -0.39 is 0 Å². The molecule has 3 aromatic carbocycles. The maximum absolute atomic E-state index is 12.7. The summed E-state index contributed by atoms with van der Waals surface area (Å²) in [4.78, 5) is 23.2. The van der Waals surface area contributed by atoms with Crippen LogP contribution in [-0.4, -0.2) is 53.6 Å². The summed E-state index contributed by atoms with van der Waals surface area (Å²) in [6, 6.07) is 22.5. The Morgan fingerprint density at radius 3 is 2.53 bits per heavy atom. The first-order chi connectivity index (χ1) is 16.6. The lowest BCUT2D eigenvalue weighted by atomic mass is 10.0. The number of benzene rings is 3. The number of aryl methyl sites for hydroxylation is 1. The Kier molecular flexibility index (Phi) is 6.43. The predicted molar refractivity (Wildman–Crippen MR) is 137 cm³/mol. The van der Waals surface area contributed by atoms with Gasteiger partial charge >= 0.3 is 0 Å². The molecule has 4 aromatic rings. The summed E-state index contributed by atoms with van der Waals surface area (Å²) in [6.45, 7) is 8.07. The van der Waals surface area contributed by atoms with Crippen molar-refractivity contribution in [2.45, 2.75) is 13.8 Å². The Morgan fingerprint density at radius 1 is 1.03 bits per heavy atom. The van der Waals surface area contributed by atoms with Crippen LogP contribution in [0.2, 0.25) is 0 Å². The van der Waals surface area contributed by atoms with Gasteiger partial charge in [0, 0.05) is 36.8 Å². The quantitative estimate of drug-likeness (QED) is 0.425. The highest BCUT2D eigenvalue weighted by Gasteiger charge is 2.19. The van der Waals surface area contributed by atoms with Crippen molar-refractivity contribution in [3.05, 3.63) is 72.3 Å². The minimum absolute atomic E-state index is 0.0430. The summed E-state index contributed by atoms with van der Waals surface area (Å²) >= 11 is 0. The lowest BCUT2D eigenvalue weighted by Crippen LogP contribution is -2.41. The van der Waals surface area contributed by atoms with Crippen molar-refractivity contribution in [3.8, 4) is 22.5 Å². The zero-order valence-corrected chi connectivity index (χ0v) is 19.7. The maximum Gasteiger partial charge on any atom is 0.228 e. The van der Waals surface area contributed by atoms with Gasteiger partial charge in [-0.2, -0.15) is 0 Å². The van der Waals surface area contributed by atoms with E-state index in [4.69, 9.17) is 9.72 Å². The van der Waals surface area contributed by atoms with Crippen LogP contribution in [0.3, 0.4) is 0 Å². The molecule has 1 amide bonds. The highest BCUT2D eigenvalue weighted by molar-refractivity contribution is 5.92. The van der Waals surface area contributed by atoms with Crippen LogP contribution in [0.15, 0.2) is 66.7 Å². The molecule has 1 atom stereocenters. The molecule has 2 N–H and O–H groups in total. The fourth-order valence-electron chi connectivity index (χ4n) is 4.42. The van der Waals surface area contributed by atoms with E-state index in [1.54, 1.807) is 0 Å². The number of fused-ring (bicyclic) bond motifs is 1. The number of nitrogens with one attached hydrogen (secondary N) is 2. The number of hydrogen-bond acceptors (Lipinski definition) is 4. The summed E-state index contributed by atoms with van der Waals surface area (Å²) in [6.07, 6.45) is 0. The number of morpholine rings is 1. The summed E-state index contributed by atoms with van der Waals surface area (Å²) < 4.78 is 5.39. The third-order valence-corrected chi connectivity index (χ3v) is 6.42. The highest BCUT2D eigenvalue weighted by atomic mass is 16.5. The van der Waals surface area contributed by atoms with E-state index in [9.17, 15) is 4.79 Å². The molecule has 0 bridgehead atoms. The van der Waals surface area contributed by atoms with Crippen LogP contribution >= 0.6 is 0 Å². The molecule has 1 saturated heterocycles. The average molecular weight is 455 g/mol. The van der Waals surface area contributed by atoms with Crippen molar-refractivity contribution in [2.75, 3.05) is 38.2 Å². The molecule has 174 valence electrons. The second-order valence-corrected chi connectivity index (χ2v) is 9.02. The van der Waals surface area contributed by atoms with E-state index in [0.717, 1.165) is 77.6 Å². The van der Waals surface area contributed by atoms with E-state index in [-0.39, 0.29) is 11.8 Å². The molecule has 1 aliphatic heterocycles. The lowest BCUT2D eigenvalue weighted by Gasteiger charge is -2.28. The van der Waals surface area contributed by atoms with Crippen LogP contribution in [-0.2, 0) is 9.53 Å². The molecule has 6 heteroatoms. The zero-order chi connectivity index (χ0) is 23.5. The maximum atomic E-state index is 12.7. The Labute approximate surface area is 200 Å². The summed E-state index contributed by atoms with van der Waals surface area (Å²) in [7, 11) is 0. The van der Waals surface area contributed by atoms with E-state index >= 15 is 0 Å². The standard InChI is InChI=1S/C28H30N4O2/c1-19-5-3-8-25-26(19)31-27(30-25)23-7-4-6-22(17-23)21-9-11-24(12-10-21)29-28(33)20(2)18-32-13-15-34-16-14-32/h3-12,17,20H,13-16,18H2,1-2H3,(H,29,33)(H,30,31). The van der Waals surface area contributed by atoms with Gasteiger partial charge in [0.1, 0.15) is 5.82 Å². The van der Waals surface area contributed by atoms with Crippen molar-refractivity contribution in [1.82, 2.24) is 14.9 Å². The number of carbonyl (C=O) groups is 1. The van der Waals surface area contributed by atoms with Gasteiger partial charge in [-0.25, -0.2) is 4.98 Å². The van der Waals surface area contributed by atoms with E-state index in [0.29, 0.717) is 0 Å². The zero-order valence-electron chi connectivity index (χ0n) is 19.7. The number of amides is 1. The number of H-pyrrole nitrogens is 1. The van der Waals surface area contributed by atoms with Crippen molar-refractivity contribution >= 4 is 22.6 Å². The number of anilines is 1. The van der Waals surface area contributed by atoms with E-state index in [1.807, 2.05) is 43.3 Å². The molecule has 0 spiro atoms. The number of para-hydroxylation sites is 1. The minimum atomic E-state index is -0.0816. The van der Waals surface area contributed by atoms with E-state index in [1.165, 1.54) is 0 Å². The second-order valence-electron chi connectivity index (χ2n) is 9.02. The lowest BCUT2D eigenvalue weighted by molar-refractivity contribution is -0.120. The SMILES string of the molecule is Cc1cccc2[nH]c(-c3cccc(-c4ccc(NC(=O)C(C)CN5CCOCC5)cc4)c3)nc12. The van der Waals surface area contributed by atoms with Gasteiger partial charge in [-0.05, 0) is 47.9 Å². The predicted octanol–water partition coefficient (Wildman–Crippen LogP) is 5.11. The highest BCUT2D eigenvalue weighted by Crippen LogP contribution is 2.28. The van der Waals surface area contributed by atoms with Crippen molar-refractivity contribution in [3.63, 3.8) is 0 Å². The number of carbonyl (C=O) groups excluding carboxylic acids is 1. The third kappa shape index (κ3) is 4.88. The van der Waals surface area contributed by atoms with Gasteiger partial charge in [-0.1, -0.05) is 49.4 Å². The van der Waals surface area contributed by atoms with Crippen LogP contribution in [0, 0.1) is 12.8 Å². The monoisotopic (exact) mass is 454 g/mol. The van der Waals surface area contributed by atoms with Gasteiger partial charge in [0.2, 0.25) is 5.91 Å². The van der Waals surface area contributed by atoms with Gasteiger partial charge in [0.25, 0.3) is 0 Å². The van der Waals surface area contributed by atoms with Crippen LogP contribution in [0.4, 0.5) is 5.69 Å². The van der Waals surface area contributed by atoms with Crippen molar-refractivity contribution in [1.29, 1.82) is 0 Å². The molecule has 34 heavy (non-hydrogen) atoms. The first-order valence-electron chi connectivity index (χ1n) is 11.8. The molecular weight excluding hydrogens is 424 g/mol. The van der Waals surface area contributed by atoms with Gasteiger partial charge in [-0.3, -0.25) is 9.69 Å². The van der Waals surface area contributed by atoms with Crippen LogP contribution in [0.25, 0.3) is 33.5 Å². The van der Waals surface area contributed by atoms with E-state index in [2.05, 4.69) is 52.5 Å². The minimum Gasteiger partial charge on any atom is -0.379 e. The fraction of sp³-hybridized carbons (Fsp3) is 0.286. The van der Waals surface area contributed by atoms with Gasteiger partial charge in [0.15, 0.2) is 0 Å². The molecule has 1 unspecified atom stereocenters. The number of aromatic nitrogens is 2. The topological polar surface area (TPSA) is 70.2 Å². The number of ether oxygens (including phenoxy) is 1. The Hall–Kier alpha value is -3.48. The van der Waals surface area contributed by atoms with Gasteiger partial charge < -0.3 is 15.0 Å². The Morgan fingerprint density at radius 2 is 1.76 bits per heavy atom. The van der Waals surface area contributed by atoms with Crippen LogP contribution < -0.4 is 5.32 Å². The van der Waals surface area contributed by atoms with Gasteiger partial charge in [-0.15, -0.1) is 0 Å². The van der Waals surface area contributed by atoms with Crippen molar-refractivity contribution in [2.24, 2.45) is 5.92 Å². The average Bonchev–Trinajstić information content (AvgIpc) is 3.31.